The number of Topliss-reactive ketones (excluding diaryl/α,β-unsaturated/α-hetero) is 1. The summed E-state index contributed by atoms with van der Waals surface area (Å²) in [6.45, 7) is 10.4. The number of esters is 1. The summed E-state index contributed by atoms with van der Waals surface area (Å²) in [4.78, 5) is 27.1. The molecule has 1 aromatic carbocycles. The minimum atomic E-state index is -0.100. The quantitative estimate of drug-likeness (QED) is 0.521. The van der Waals surface area contributed by atoms with Gasteiger partial charge in [-0.25, -0.2) is 0 Å². The van der Waals surface area contributed by atoms with E-state index >= 15 is 0 Å². The molecule has 1 fully saturated rings. The summed E-state index contributed by atoms with van der Waals surface area (Å²) >= 11 is 0. The van der Waals surface area contributed by atoms with Crippen LogP contribution in [0.5, 0.6) is 0 Å². The van der Waals surface area contributed by atoms with Crippen LogP contribution >= 0.6 is 0 Å². The topological polar surface area (TPSA) is 51.5 Å². The van der Waals surface area contributed by atoms with Gasteiger partial charge in [0.2, 0.25) is 0 Å². The lowest BCUT2D eigenvalue weighted by Crippen LogP contribution is -2.39. The summed E-state index contributed by atoms with van der Waals surface area (Å²) in [7, 11) is 0. The maximum Gasteiger partial charge on any atom is 0.309 e. The average molecular weight is 397 g/mol. The van der Waals surface area contributed by atoms with Crippen LogP contribution in [-0.4, -0.2) is 47.5 Å². The van der Waals surface area contributed by atoms with Crippen LogP contribution in [0.1, 0.15) is 60.0 Å². The molecule has 156 valence electrons. The largest absolute Gasteiger partial charge is 0.466 e. The Morgan fingerprint density at radius 1 is 1.14 bits per heavy atom. The lowest BCUT2D eigenvalue weighted by atomic mass is 9.96. The van der Waals surface area contributed by atoms with E-state index in [1.807, 2.05) is 38.1 Å². The normalized spacial score (nSPS) is 16.6. The molecule has 2 heterocycles. The van der Waals surface area contributed by atoms with Gasteiger partial charge in [0.15, 0.2) is 5.78 Å². The average Bonchev–Trinajstić information content (AvgIpc) is 3.03. The number of carbonyl (C=O) groups is 2. The van der Waals surface area contributed by atoms with Crippen molar-refractivity contribution >= 4 is 11.8 Å². The number of ether oxygens (including phenoxy) is 1. The third kappa shape index (κ3) is 4.78. The lowest BCUT2D eigenvalue weighted by Gasteiger charge is -2.30. The first-order chi connectivity index (χ1) is 13.9. The van der Waals surface area contributed by atoms with Crippen molar-refractivity contribution in [1.82, 2.24) is 9.47 Å². The van der Waals surface area contributed by atoms with Crippen molar-refractivity contribution in [1.29, 1.82) is 0 Å². The van der Waals surface area contributed by atoms with Crippen LogP contribution in [0.25, 0.3) is 0 Å². The number of benzene rings is 1. The third-order valence-electron chi connectivity index (χ3n) is 6.03. The van der Waals surface area contributed by atoms with Gasteiger partial charge in [0, 0.05) is 17.0 Å². The number of hydrogen-bond donors (Lipinski definition) is 0. The second-order valence-electron chi connectivity index (χ2n) is 7.97. The fourth-order valence-electron chi connectivity index (χ4n) is 4.41. The molecule has 3 rings (SSSR count). The predicted octanol–water partition coefficient (Wildman–Crippen LogP) is 4.17. The van der Waals surface area contributed by atoms with Gasteiger partial charge in [0.1, 0.15) is 0 Å². The van der Waals surface area contributed by atoms with Crippen LogP contribution in [0.15, 0.2) is 36.4 Å². The summed E-state index contributed by atoms with van der Waals surface area (Å²) in [6.07, 6.45) is 1.52. The maximum atomic E-state index is 13.0. The monoisotopic (exact) mass is 396 g/mol. The van der Waals surface area contributed by atoms with Gasteiger partial charge in [-0.3, -0.25) is 14.5 Å². The first-order valence-corrected chi connectivity index (χ1v) is 10.6. The Bertz CT molecular complexity index is 849. The van der Waals surface area contributed by atoms with Gasteiger partial charge >= 0.3 is 5.97 Å². The smallest absolute Gasteiger partial charge is 0.309 e. The number of rotatable bonds is 7. The van der Waals surface area contributed by atoms with Crippen molar-refractivity contribution < 1.29 is 14.3 Å². The van der Waals surface area contributed by atoms with Gasteiger partial charge < -0.3 is 9.30 Å². The Morgan fingerprint density at radius 3 is 2.41 bits per heavy atom. The summed E-state index contributed by atoms with van der Waals surface area (Å²) < 4.78 is 7.38. The molecular weight excluding hydrogens is 364 g/mol. The van der Waals surface area contributed by atoms with Gasteiger partial charge in [-0.1, -0.05) is 30.3 Å². The molecule has 0 radical (unpaired) electrons. The molecule has 0 saturated carbocycles. The minimum Gasteiger partial charge on any atom is -0.466 e. The highest BCUT2D eigenvalue weighted by Crippen LogP contribution is 2.26. The van der Waals surface area contributed by atoms with E-state index < -0.39 is 0 Å². The zero-order valence-corrected chi connectivity index (χ0v) is 18.0. The number of carbonyl (C=O) groups excluding carboxylic acids is 2. The number of aromatic nitrogens is 1. The van der Waals surface area contributed by atoms with Crippen molar-refractivity contribution in [2.45, 2.75) is 46.6 Å². The van der Waals surface area contributed by atoms with E-state index in [1.54, 1.807) is 0 Å². The lowest BCUT2D eigenvalue weighted by molar-refractivity contribution is -0.149. The van der Waals surface area contributed by atoms with Crippen LogP contribution in [0.3, 0.4) is 0 Å². The molecule has 1 aliphatic heterocycles. The maximum absolute atomic E-state index is 13.0. The Morgan fingerprint density at radius 2 is 1.79 bits per heavy atom. The molecule has 0 aliphatic carbocycles. The fraction of sp³-hybridized carbons (Fsp3) is 0.500. The van der Waals surface area contributed by atoms with Crippen LogP contribution in [0, 0.1) is 19.8 Å². The Balaban J connectivity index is 1.66. The molecule has 0 N–H and O–H groups in total. The van der Waals surface area contributed by atoms with Crippen LogP contribution in [0.4, 0.5) is 0 Å². The number of hydrogen-bond acceptors (Lipinski definition) is 4. The number of likely N-dealkylation sites (tertiary alicyclic amines) is 1. The Hall–Kier alpha value is -2.40. The van der Waals surface area contributed by atoms with Gasteiger partial charge in [-0.05, 0) is 65.3 Å². The first-order valence-electron chi connectivity index (χ1n) is 10.6. The molecule has 5 nitrogen and oxygen atoms in total. The number of nitrogens with zero attached hydrogens (tertiary/aromatic N) is 2. The van der Waals surface area contributed by atoms with Crippen molar-refractivity contribution in [2.75, 3.05) is 26.2 Å². The number of piperidine rings is 1. The zero-order valence-electron chi connectivity index (χ0n) is 18.0. The van der Waals surface area contributed by atoms with Crippen LogP contribution in [0.2, 0.25) is 0 Å². The van der Waals surface area contributed by atoms with Crippen molar-refractivity contribution in [3.05, 3.63) is 58.9 Å². The SMILES string of the molecule is CCOC(=O)C1CCN(CC(=O)c2cc(C)n(C(C)c3ccccc3)c2C)CC1. The van der Waals surface area contributed by atoms with E-state index in [4.69, 9.17) is 4.74 Å². The predicted molar refractivity (Wildman–Crippen MR) is 114 cm³/mol. The molecule has 29 heavy (non-hydrogen) atoms. The molecule has 1 saturated heterocycles. The minimum absolute atomic E-state index is 0.0295. The van der Waals surface area contributed by atoms with E-state index in [9.17, 15) is 9.59 Å². The molecule has 1 aromatic heterocycles. The second kappa shape index (κ2) is 9.40. The second-order valence-corrected chi connectivity index (χ2v) is 7.97. The van der Waals surface area contributed by atoms with E-state index in [0.29, 0.717) is 13.2 Å². The summed E-state index contributed by atoms with van der Waals surface area (Å²) in [5.74, 6) is 0.0224. The third-order valence-corrected chi connectivity index (χ3v) is 6.03. The van der Waals surface area contributed by atoms with Crippen molar-refractivity contribution in [2.24, 2.45) is 5.92 Å². The molecule has 1 aliphatic rings. The van der Waals surface area contributed by atoms with Crippen molar-refractivity contribution in [3.8, 4) is 0 Å². The van der Waals surface area contributed by atoms with Gasteiger partial charge in [0.25, 0.3) is 0 Å². The van der Waals surface area contributed by atoms with Crippen LogP contribution in [-0.2, 0) is 9.53 Å². The molecule has 5 heteroatoms. The zero-order chi connectivity index (χ0) is 21.0. The van der Waals surface area contributed by atoms with Gasteiger partial charge in [-0.2, -0.15) is 0 Å². The summed E-state index contributed by atoms with van der Waals surface area (Å²) in [6, 6.07) is 12.6. The molecule has 0 bridgehead atoms. The van der Waals surface area contributed by atoms with E-state index in [1.165, 1.54) is 5.56 Å². The molecule has 0 spiro atoms. The molecule has 0 amide bonds. The number of aryl methyl sites for hydroxylation is 1. The van der Waals surface area contributed by atoms with Crippen molar-refractivity contribution in [3.63, 3.8) is 0 Å². The molecule has 2 aromatic rings. The van der Waals surface area contributed by atoms with Gasteiger partial charge in [0.05, 0.1) is 25.1 Å². The summed E-state index contributed by atoms with van der Waals surface area (Å²) in [5, 5.41) is 0. The Kier molecular flexibility index (Phi) is 6.91. The standard InChI is InChI=1S/C24H32N2O3/c1-5-29-24(28)21-11-13-25(14-12-21)16-23(27)22-15-17(2)26(19(22)4)18(3)20-9-7-6-8-10-20/h6-10,15,18,21H,5,11-14,16H2,1-4H3. The highest BCUT2D eigenvalue weighted by atomic mass is 16.5. The molecule has 1 atom stereocenters. The Labute approximate surface area is 173 Å². The van der Waals surface area contributed by atoms with E-state index in [0.717, 1.165) is 42.9 Å². The molecular formula is C24H32N2O3. The van der Waals surface area contributed by atoms with E-state index in [2.05, 4.69) is 35.4 Å². The van der Waals surface area contributed by atoms with E-state index in [-0.39, 0.29) is 23.7 Å². The summed E-state index contributed by atoms with van der Waals surface area (Å²) in [5.41, 5.74) is 4.15. The molecule has 1 unspecified atom stereocenters. The fourth-order valence-corrected chi connectivity index (χ4v) is 4.41. The van der Waals surface area contributed by atoms with Gasteiger partial charge in [-0.15, -0.1) is 0 Å². The highest BCUT2D eigenvalue weighted by Gasteiger charge is 2.28. The van der Waals surface area contributed by atoms with Crippen LogP contribution < -0.4 is 0 Å². The highest BCUT2D eigenvalue weighted by molar-refractivity contribution is 5.99. The number of ketones is 1. The first kappa shape index (κ1) is 21.3.